The predicted molar refractivity (Wildman–Crippen MR) is 60.2 cm³/mol. The minimum Gasteiger partial charge on any atom is -0.496 e. The van der Waals surface area contributed by atoms with Gasteiger partial charge in [0, 0.05) is 0 Å². The summed E-state index contributed by atoms with van der Waals surface area (Å²) in [6.45, 7) is 2.00. The Balaban J connectivity index is 2.42. The van der Waals surface area contributed by atoms with Crippen LogP contribution in [0.1, 0.15) is 12.5 Å². The van der Waals surface area contributed by atoms with Gasteiger partial charge in [-0.05, 0) is 31.5 Å². The number of ether oxygens (including phenoxy) is 1. The first kappa shape index (κ1) is 12.9. The second-order valence-corrected chi connectivity index (χ2v) is 3.64. The van der Waals surface area contributed by atoms with E-state index in [0.717, 1.165) is 11.3 Å². The number of rotatable bonds is 6. The molecule has 0 radical (unpaired) electrons. The monoisotopic (exact) mass is 229 g/mol. The van der Waals surface area contributed by atoms with E-state index in [1.807, 2.05) is 24.3 Å². The lowest BCUT2D eigenvalue weighted by atomic mass is 10.1. The van der Waals surface area contributed by atoms with Gasteiger partial charge in [-0.2, -0.15) is 0 Å². The van der Waals surface area contributed by atoms with Gasteiger partial charge in [0.25, 0.3) is 6.43 Å². The van der Waals surface area contributed by atoms with Gasteiger partial charge in [-0.3, -0.25) is 0 Å². The Hall–Kier alpha value is -1.16. The van der Waals surface area contributed by atoms with E-state index in [9.17, 15) is 8.78 Å². The van der Waals surface area contributed by atoms with Crippen LogP contribution in [0.2, 0.25) is 0 Å². The van der Waals surface area contributed by atoms with Crippen molar-refractivity contribution in [1.29, 1.82) is 0 Å². The summed E-state index contributed by atoms with van der Waals surface area (Å²) in [6.07, 6.45) is -1.64. The van der Waals surface area contributed by atoms with E-state index < -0.39 is 12.5 Å². The van der Waals surface area contributed by atoms with Crippen LogP contribution in [-0.4, -0.2) is 26.1 Å². The molecule has 4 heteroatoms. The summed E-state index contributed by atoms with van der Waals surface area (Å²) in [5, 5.41) is 2.78. The van der Waals surface area contributed by atoms with Crippen LogP contribution in [0, 0.1) is 0 Å². The number of halogens is 2. The summed E-state index contributed by atoms with van der Waals surface area (Å²) in [5.74, 6) is 0.800. The molecule has 1 N–H and O–H groups in total. The molecule has 1 unspecified atom stereocenters. The van der Waals surface area contributed by atoms with Gasteiger partial charge in [0.15, 0.2) is 0 Å². The summed E-state index contributed by atoms with van der Waals surface area (Å²) >= 11 is 0. The zero-order chi connectivity index (χ0) is 12.0. The fourth-order valence-electron chi connectivity index (χ4n) is 1.43. The highest BCUT2D eigenvalue weighted by Crippen LogP contribution is 2.17. The van der Waals surface area contributed by atoms with Crippen LogP contribution in [0.15, 0.2) is 24.3 Å². The van der Waals surface area contributed by atoms with E-state index in [1.165, 1.54) is 6.92 Å². The Labute approximate surface area is 94.6 Å². The molecule has 1 aromatic rings. The predicted octanol–water partition coefficient (Wildman–Crippen LogP) is 2.48. The van der Waals surface area contributed by atoms with Gasteiger partial charge in [-0.25, -0.2) is 8.78 Å². The van der Waals surface area contributed by atoms with Crippen molar-refractivity contribution < 1.29 is 13.5 Å². The molecule has 0 bridgehead atoms. The van der Waals surface area contributed by atoms with E-state index in [4.69, 9.17) is 4.74 Å². The lowest BCUT2D eigenvalue weighted by Crippen LogP contribution is -2.34. The van der Waals surface area contributed by atoms with Crippen molar-refractivity contribution in [3.05, 3.63) is 29.8 Å². The number of para-hydroxylation sites is 1. The number of benzene rings is 1. The lowest BCUT2D eigenvalue weighted by molar-refractivity contribution is 0.106. The first-order chi connectivity index (χ1) is 7.65. The number of hydrogen-bond acceptors (Lipinski definition) is 2. The zero-order valence-corrected chi connectivity index (χ0v) is 9.54. The lowest BCUT2D eigenvalue weighted by Gasteiger charge is -2.13. The highest BCUT2D eigenvalue weighted by atomic mass is 19.3. The minimum absolute atomic E-state index is 0.520. The van der Waals surface area contributed by atoms with Crippen LogP contribution in [0.5, 0.6) is 5.75 Å². The number of alkyl halides is 2. The molecule has 0 aliphatic carbocycles. The minimum atomic E-state index is -2.32. The molecule has 16 heavy (non-hydrogen) atoms. The summed E-state index contributed by atoms with van der Waals surface area (Å²) < 4.78 is 29.6. The largest absolute Gasteiger partial charge is 0.496 e. The van der Waals surface area contributed by atoms with Crippen LogP contribution in [0.3, 0.4) is 0 Å². The van der Waals surface area contributed by atoms with Crippen LogP contribution in [-0.2, 0) is 6.42 Å². The van der Waals surface area contributed by atoms with Crippen molar-refractivity contribution >= 4 is 0 Å². The Morgan fingerprint density at radius 1 is 1.31 bits per heavy atom. The molecule has 0 aliphatic rings. The molecule has 1 rings (SSSR count). The molecule has 1 aromatic carbocycles. The molecule has 0 aromatic heterocycles. The van der Waals surface area contributed by atoms with Crippen molar-refractivity contribution in [2.45, 2.75) is 25.8 Å². The van der Waals surface area contributed by atoms with Crippen molar-refractivity contribution in [1.82, 2.24) is 5.32 Å². The Kier molecular flexibility index (Phi) is 5.19. The molecule has 1 atom stereocenters. The van der Waals surface area contributed by atoms with Gasteiger partial charge in [-0.15, -0.1) is 0 Å². The fraction of sp³-hybridized carbons (Fsp3) is 0.500. The maximum atomic E-state index is 12.2. The van der Waals surface area contributed by atoms with E-state index >= 15 is 0 Å². The molecule has 0 fully saturated rings. The van der Waals surface area contributed by atoms with Crippen LogP contribution >= 0.6 is 0 Å². The number of hydrogen-bond donors (Lipinski definition) is 1. The average Bonchev–Trinajstić information content (AvgIpc) is 2.29. The van der Waals surface area contributed by atoms with Crippen molar-refractivity contribution in [3.8, 4) is 5.75 Å². The second-order valence-electron chi connectivity index (χ2n) is 3.64. The Morgan fingerprint density at radius 3 is 2.62 bits per heavy atom. The van der Waals surface area contributed by atoms with Crippen molar-refractivity contribution in [2.24, 2.45) is 0 Å². The molecule has 90 valence electrons. The third-order valence-corrected chi connectivity index (χ3v) is 2.43. The third-order valence-electron chi connectivity index (χ3n) is 2.43. The first-order valence-electron chi connectivity index (χ1n) is 5.28. The quantitative estimate of drug-likeness (QED) is 0.809. The molecule has 0 heterocycles. The maximum absolute atomic E-state index is 12.2. The average molecular weight is 229 g/mol. The molecular weight excluding hydrogens is 212 g/mol. The third kappa shape index (κ3) is 3.77. The summed E-state index contributed by atoms with van der Waals surface area (Å²) in [6, 6.07) is 6.83. The highest BCUT2D eigenvalue weighted by Gasteiger charge is 2.13. The Morgan fingerprint density at radius 2 is 2.00 bits per heavy atom. The summed E-state index contributed by atoms with van der Waals surface area (Å²) in [5.41, 5.74) is 1.03. The Bertz CT molecular complexity index is 318. The van der Waals surface area contributed by atoms with Gasteiger partial charge in [0.2, 0.25) is 0 Å². The maximum Gasteiger partial charge on any atom is 0.253 e. The van der Waals surface area contributed by atoms with E-state index in [0.29, 0.717) is 13.0 Å². The van der Waals surface area contributed by atoms with Crippen LogP contribution < -0.4 is 10.1 Å². The topological polar surface area (TPSA) is 21.3 Å². The number of nitrogens with one attached hydrogen (secondary N) is 1. The SMILES string of the molecule is COc1ccccc1CCNC(C)C(F)F. The standard InChI is InChI=1S/C12H17F2NO/c1-9(12(13)14)15-8-7-10-5-3-4-6-11(10)16-2/h3-6,9,12,15H,7-8H2,1-2H3. The summed E-state index contributed by atoms with van der Waals surface area (Å²) in [7, 11) is 1.61. The van der Waals surface area contributed by atoms with Crippen molar-refractivity contribution in [2.75, 3.05) is 13.7 Å². The smallest absolute Gasteiger partial charge is 0.253 e. The van der Waals surface area contributed by atoms with E-state index in [1.54, 1.807) is 7.11 Å². The molecule has 0 saturated carbocycles. The normalized spacial score (nSPS) is 12.8. The molecular formula is C12H17F2NO. The van der Waals surface area contributed by atoms with Crippen LogP contribution in [0.4, 0.5) is 8.78 Å². The van der Waals surface area contributed by atoms with E-state index in [2.05, 4.69) is 5.32 Å². The molecule has 0 spiro atoms. The summed E-state index contributed by atoms with van der Waals surface area (Å²) in [4.78, 5) is 0. The van der Waals surface area contributed by atoms with Gasteiger partial charge in [0.1, 0.15) is 5.75 Å². The van der Waals surface area contributed by atoms with Crippen molar-refractivity contribution in [3.63, 3.8) is 0 Å². The van der Waals surface area contributed by atoms with Gasteiger partial charge in [0.05, 0.1) is 13.2 Å². The molecule has 2 nitrogen and oxygen atoms in total. The molecule has 0 saturated heterocycles. The van der Waals surface area contributed by atoms with Crippen LogP contribution in [0.25, 0.3) is 0 Å². The fourth-order valence-corrected chi connectivity index (χ4v) is 1.43. The van der Waals surface area contributed by atoms with Gasteiger partial charge < -0.3 is 10.1 Å². The van der Waals surface area contributed by atoms with Gasteiger partial charge in [-0.1, -0.05) is 18.2 Å². The number of methoxy groups -OCH3 is 1. The van der Waals surface area contributed by atoms with Gasteiger partial charge >= 0.3 is 0 Å². The second kappa shape index (κ2) is 6.43. The van der Waals surface area contributed by atoms with E-state index in [-0.39, 0.29) is 0 Å². The first-order valence-corrected chi connectivity index (χ1v) is 5.28. The molecule has 0 aliphatic heterocycles. The zero-order valence-electron chi connectivity index (χ0n) is 9.54. The molecule has 0 amide bonds. The highest BCUT2D eigenvalue weighted by molar-refractivity contribution is 5.33.